The van der Waals surface area contributed by atoms with Crippen LogP contribution in [0, 0.1) is 0 Å². The normalized spacial score (nSPS) is 12.1. The molecule has 0 fully saturated rings. The second-order valence-electron chi connectivity index (χ2n) is 6.20. The highest BCUT2D eigenvalue weighted by Crippen LogP contribution is 2.35. The Kier molecular flexibility index (Phi) is 6.90. The van der Waals surface area contributed by atoms with E-state index in [9.17, 15) is 22.8 Å². The van der Waals surface area contributed by atoms with Gasteiger partial charge in [0.25, 0.3) is 5.91 Å². The molecule has 0 saturated carbocycles. The first-order valence-electron chi connectivity index (χ1n) is 8.72. The summed E-state index contributed by atoms with van der Waals surface area (Å²) in [6.45, 7) is -2.03. The second kappa shape index (κ2) is 9.45. The first-order valence-corrected chi connectivity index (χ1v) is 9.48. The zero-order chi connectivity index (χ0) is 23.5. The molecule has 0 unspecified atom stereocenters. The summed E-state index contributed by atoms with van der Waals surface area (Å²) in [6.07, 6.45) is -0.823. The Bertz CT molecular complexity index is 1200. The standard InChI is InChI=1S/C19H13Cl2F3N4O4/c20-9-4-10-14(21)13(7-28-17(29)12(6-25)16-26-2-1-3-27-16)32-15(10)11(5-9)18(30)31-8-19(22,23)24/h1-6H,7-8,25H2,(H,28,29)/b12-6+. The van der Waals surface area contributed by atoms with Crippen LogP contribution in [0.1, 0.15) is 21.9 Å². The van der Waals surface area contributed by atoms with Crippen LogP contribution < -0.4 is 11.1 Å². The van der Waals surface area contributed by atoms with Crippen molar-refractivity contribution in [3.8, 4) is 0 Å². The van der Waals surface area contributed by atoms with Crippen LogP contribution in [-0.2, 0) is 16.1 Å². The molecule has 0 aliphatic heterocycles. The van der Waals surface area contributed by atoms with Gasteiger partial charge in [-0.05, 0) is 18.2 Å². The van der Waals surface area contributed by atoms with E-state index in [1.807, 2.05) is 0 Å². The Balaban J connectivity index is 1.85. The Hall–Kier alpha value is -3.31. The number of furan rings is 1. The van der Waals surface area contributed by atoms with E-state index in [4.69, 9.17) is 33.4 Å². The summed E-state index contributed by atoms with van der Waals surface area (Å²) in [6, 6.07) is 4.01. The molecule has 1 amide bonds. The molecule has 168 valence electrons. The summed E-state index contributed by atoms with van der Waals surface area (Å²) in [5.74, 6) is -1.83. The van der Waals surface area contributed by atoms with E-state index < -0.39 is 24.7 Å². The van der Waals surface area contributed by atoms with Crippen molar-refractivity contribution in [2.45, 2.75) is 12.7 Å². The molecule has 0 atom stereocenters. The summed E-state index contributed by atoms with van der Waals surface area (Å²) in [5.41, 5.74) is 4.99. The number of hydrogen-bond donors (Lipinski definition) is 2. The number of hydrogen-bond acceptors (Lipinski definition) is 7. The molecule has 3 N–H and O–H groups in total. The van der Waals surface area contributed by atoms with Crippen LogP contribution in [0.4, 0.5) is 13.2 Å². The lowest BCUT2D eigenvalue weighted by Gasteiger charge is -2.08. The van der Waals surface area contributed by atoms with Crippen LogP contribution in [0.2, 0.25) is 10.0 Å². The third-order valence-corrected chi connectivity index (χ3v) is 4.61. The van der Waals surface area contributed by atoms with Crippen LogP contribution in [0.3, 0.4) is 0 Å². The minimum atomic E-state index is -4.71. The van der Waals surface area contributed by atoms with Crippen LogP contribution in [-0.4, -0.2) is 34.6 Å². The first kappa shape index (κ1) is 23.4. The first-order chi connectivity index (χ1) is 15.1. The van der Waals surface area contributed by atoms with Crippen LogP contribution >= 0.6 is 23.2 Å². The number of nitrogens with two attached hydrogens (primary N) is 1. The summed E-state index contributed by atoms with van der Waals surface area (Å²) in [5, 5.41) is 2.69. The summed E-state index contributed by atoms with van der Waals surface area (Å²) in [4.78, 5) is 32.5. The monoisotopic (exact) mass is 488 g/mol. The number of nitrogens with zero attached hydrogens (tertiary/aromatic N) is 2. The minimum absolute atomic E-state index is 0.00177. The SMILES string of the molecule is N/C=C(/C(=O)NCc1oc2c(C(=O)OCC(F)(F)F)cc(Cl)cc2c1Cl)c1ncccn1. The van der Waals surface area contributed by atoms with Crippen molar-refractivity contribution in [3.05, 3.63) is 64.0 Å². The Morgan fingerprint density at radius 1 is 1.22 bits per heavy atom. The van der Waals surface area contributed by atoms with E-state index in [0.717, 1.165) is 12.3 Å². The number of aromatic nitrogens is 2. The third kappa shape index (κ3) is 5.29. The number of carbonyl (C=O) groups is 2. The molecule has 3 aromatic rings. The Morgan fingerprint density at radius 3 is 2.53 bits per heavy atom. The maximum absolute atomic E-state index is 12.5. The average Bonchev–Trinajstić information content (AvgIpc) is 3.06. The number of nitrogens with one attached hydrogen (secondary N) is 1. The lowest BCUT2D eigenvalue weighted by Crippen LogP contribution is -2.25. The van der Waals surface area contributed by atoms with Gasteiger partial charge in [0.1, 0.15) is 11.3 Å². The van der Waals surface area contributed by atoms with Crippen LogP contribution in [0.15, 0.2) is 41.2 Å². The van der Waals surface area contributed by atoms with Crippen molar-refractivity contribution in [2.75, 3.05) is 6.61 Å². The predicted molar refractivity (Wildman–Crippen MR) is 109 cm³/mol. The van der Waals surface area contributed by atoms with Gasteiger partial charge in [0.15, 0.2) is 18.0 Å². The molecule has 0 aliphatic carbocycles. The second-order valence-corrected chi connectivity index (χ2v) is 7.01. The molecule has 1 aromatic carbocycles. The van der Waals surface area contributed by atoms with Crippen molar-refractivity contribution >= 4 is 51.6 Å². The van der Waals surface area contributed by atoms with Crippen LogP contribution in [0.5, 0.6) is 0 Å². The lowest BCUT2D eigenvalue weighted by atomic mass is 10.1. The number of carbonyl (C=O) groups excluding carboxylic acids is 2. The van der Waals surface area contributed by atoms with Gasteiger partial charge in [-0.2, -0.15) is 13.2 Å². The molecule has 0 aliphatic rings. The largest absolute Gasteiger partial charge is 0.457 e. The van der Waals surface area contributed by atoms with Gasteiger partial charge in [0.2, 0.25) is 0 Å². The van der Waals surface area contributed by atoms with Gasteiger partial charge in [0, 0.05) is 29.0 Å². The molecule has 13 heteroatoms. The van der Waals surface area contributed by atoms with Gasteiger partial charge in [-0.1, -0.05) is 23.2 Å². The van der Waals surface area contributed by atoms with E-state index in [1.54, 1.807) is 6.07 Å². The van der Waals surface area contributed by atoms with E-state index in [2.05, 4.69) is 20.0 Å². The molecule has 0 radical (unpaired) electrons. The lowest BCUT2D eigenvalue weighted by molar-refractivity contribution is -0.161. The number of fused-ring (bicyclic) bond motifs is 1. The number of amides is 1. The fourth-order valence-electron chi connectivity index (χ4n) is 2.62. The topological polar surface area (TPSA) is 120 Å². The fraction of sp³-hybridized carbons (Fsp3) is 0.158. The fourth-order valence-corrected chi connectivity index (χ4v) is 3.08. The van der Waals surface area contributed by atoms with Gasteiger partial charge in [-0.25, -0.2) is 14.8 Å². The van der Waals surface area contributed by atoms with E-state index in [-0.39, 0.29) is 50.3 Å². The van der Waals surface area contributed by atoms with Gasteiger partial charge < -0.3 is 20.2 Å². The van der Waals surface area contributed by atoms with Crippen molar-refractivity contribution in [1.82, 2.24) is 15.3 Å². The smallest absolute Gasteiger partial charge is 0.422 e. The quantitative estimate of drug-likeness (QED) is 0.399. The Labute approximate surface area is 188 Å². The summed E-state index contributed by atoms with van der Waals surface area (Å²) in [7, 11) is 0. The highest BCUT2D eigenvalue weighted by molar-refractivity contribution is 6.38. The Morgan fingerprint density at radius 2 is 1.91 bits per heavy atom. The maximum atomic E-state index is 12.5. The van der Waals surface area contributed by atoms with Gasteiger partial charge in [-0.15, -0.1) is 0 Å². The van der Waals surface area contributed by atoms with Crippen molar-refractivity contribution in [1.29, 1.82) is 0 Å². The van der Waals surface area contributed by atoms with E-state index in [0.29, 0.717) is 0 Å². The highest BCUT2D eigenvalue weighted by Gasteiger charge is 2.31. The predicted octanol–water partition coefficient (Wildman–Crippen LogP) is 3.86. The van der Waals surface area contributed by atoms with Gasteiger partial charge in [-0.3, -0.25) is 4.79 Å². The molecule has 0 spiro atoms. The number of rotatable bonds is 6. The van der Waals surface area contributed by atoms with Gasteiger partial charge in [0.05, 0.1) is 17.1 Å². The average molecular weight is 489 g/mol. The summed E-state index contributed by atoms with van der Waals surface area (Å²) < 4.78 is 46.9. The molecule has 3 rings (SSSR count). The zero-order valence-electron chi connectivity index (χ0n) is 15.9. The van der Waals surface area contributed by atoms with Crippen molar-refractivity contribution < 1.29 is 31.9 Å². The van der Waals surface area contributed by atoms with E-state index in [1.165, 1.54) is 18.5 Å². The number of halogens is 5. The molecular weight excluding hydrogens is 476 g/mol. The van der Waals surface area contributed by atoms with Crippen molar-refractivity contribution in [2.24, 2.45) is 5.73 Å². The number of benzene rings is 1. The number of esters is 1. The van der Waals surface area contributed by atoms with Gasteiger partial charge >= 0.3 is 12.1 Å². The molecule has 2 heterocycles. The molecule has 0 bridgehead atoms. The highest BCUT2D eigenvalue weighted by atomic mass is 35.5. The maximum Gasteiger partial charge on any atom is 0.422 e. The molecule has 0 saturated heterocycles. The third-order valence-electron chi connectivity index (χ3n) is 3.97. The van der Waals surface area contributed by atoms with Crippen molar-refractivity contribution in [3.63, 3.8) is 0 Å². The zero-order valence-corrected chi connectivity index (χ0v) is 17.4. The molecular formula is C19H13Cl2F3N4O4. The minimum Gasteiger partial charge on any atom is -0.457 e. The van der Waals surface area contributed by atoms with Crippen LogP contribution in [0.25, 0.3) is 16.5 Å². The molecule has 2 aromatic heterocycles. The van der Waals surface area contributed by atoms with E-state index >= 15 is 0 Å². The number of ether oxygens (including phenoxy) is 1. The summed E-state index contributed by atoms with van der Waals surface area (Å²) >= 11 is 12.2. The molecule has 32 heavy (non-hydrogen) atoms. The number of alkyl halides is 3. The molecule has 8 nitrogen and oxygen atoms in total.